The molecule has 0 saturated carbocycles. The molecule has 0 aliphatic carbocycles. The Hall–Kier alpha value is -6.50. The number of rotatable bonds is 5. The van der Waals surface area contributed by atoms with E-state index in [1.807, 2.05) is 78.7 Å². The van der Waals surface area contributed by atoms with Crippen molar-refractivity contribution in [2.45, 2.75) is 0 Å². The predicted octanol–water partition coefficient (Wildman–Crippen LogP) is 11.4. The Kier molecular flexibility index (Phi) is 6.60. The number of thiophene rings is 1. The maximum absolute atomic E-state index is 4.75. The van der Waals surface area contributed by atoms with E-state index >= 15 is 0 Å². The van der Waals surface area contributed by atoms with Crippen molar-refractivity contribution in [3.8, 4) is 50.6 Å². The van der Waals surface area contributed by atoms with E-state index in [0.29, 0.717) is 0 Å². The van der Waals surface area contributed by atoms with E-state index in [2.05, 4.69) is 112 Å². The summed E-state index contributed by atoms with van der Waals surface area (Å²) in [6, 6.07) is 47.0. The summed E-state index contributed by atoms with van der Waals surface area (Å²) in [6.07, 6.45) is 9.42. The minimum absolute atomic E-state index is 0.931. The third-order valence-electron chi connectivity index (χ3n) is 9.48. The van der Waals surface area contributed by atoms with E-state index < -0.39 is 0 Å². The molecule has 0 aliphatic rings. The number of aromatic nitrogens is 5. The number of hydrogen-bond donors (Lipinski definition) is 0. The molecule has 0 unspecified atom stereocenters. The highest BCUT2D eigenvalue weighted by Crippen LogP contribution is 2.43. The molecule has 10 aromatic rings. The molecular weight excluding hydrogens is 631 g/mol. The fraction of sp³-hybridized carbons (Fsp3) is 0. The topological polar surface area (TPSA) is 56.5 Å². The molecule has 6 heteroatoms. The summed E-state index contributed by atoms with van der Waals surface area (Å²) in [7, 11) is 0. The lowest BCUT2D eigenvalue weighted by Crippen LogP contribution is -1.94. The normalized spacial score (nSPS) is 11.6. The summed E-state index contributed by atoms with van der Waals surface area (Å²) in [5.74, 6) is 0. The Morgan fingerprint density at radius 2 is 1.06 bits per heavy atom. The van der Waals surface area contributed by atoms with Gasteiger partial charge in [0.25, 0.3) is 0 Å². The molecule has 5 nitrogen and oxygen atoms in total. The fourth-order valence-electron chi connectivity index (χ4n) is 7.21. The largest absolute Gasteiger partial charge is 0.309 e. The zero-order valence-corrected chi connectivity index (χ0v) is 27.5. The van der Waals surface area contributed by atoms with Gasteiger partial charge in [-0.25, -0.2) is 0 Å². The second-order valence-corrected chi connectivity index (χ2v) is 13.4. The number of nitrogens with zero attached hydrogens (tertiary/aromatic N) is 5. The van der Waals surface area contributed by atoms with Crippen molar-refractivity contribution >= 4 is 53.3 Å². The van der Waals surface area contributed by atoms with Gasteiger partial charge in [-0.2, -0.15) is 0 Å². The smallest absolute Gasteiger partial charge is 0.0709 e. The van der Waals surface area contributed by atoms with Gasteiger partial charge >= 0.3 is 0 Å². The molecular formula is C44H27N5S. The molecule has 6 aromatic heterocycles. The van der Waals surface area contributed by atoms with Gasteiger partial charge in [-0.3, -0.25) is 19.9 Å². The van der Waals surface area contributed by atoms with Crippen LogP contribution in [0.2, 0.25) is 0 Å². The van der Waals surface area contributed by atoms with Crippen molar-refractivity contribution in [2.75, 3.05) is 0 Å². The van der Waals surface area contributed by atoms with Crippen molar-refractivity contribution in [1.29, 1.82) is 0 Å². The number of pyridine rings is 4. The average molecular weight is 658 g/mol. The van der Waals surface area contributed by atoms with E-state index in [4.69, 9.17) is 9.97 Å². The van der Waals surface area contributed by atoms with Crippen LogP contribution in [0.25, 0.3) is 92.6 Å². The first-order valence-electron chi connectivity index (χ1n) is 16.5. The second kappa shape index (κ2) is 11.6. The second-order valence-electron chi connectivity index (χ2n) is 12.3. The zero-order valence-electron chi connectivity index (χ0n) is 26.7. The Balaban J connectivity index is 1.17. The molecule has 0 N–H and O–H groups in total. The first kappa shape index (κ1) is 28.5. The molecule has 0 spiro atoms. The highest BCUT2D eigenvalue weighted by molar-refractivity contribution is 7.25. The predicted molar refractivity (Wildman–Crippen MR) is 207 cm³/mol. The Bertz CT molecular complexity index is 2860. The van der Waals surface area contributed by atoms with Crippen LogP contribution in [0, 0.1) is 0 Å². The molecule has 0 saturated heterocycles. The van der Waals surface area contributed by atoms with Gasteiger partial charge in [0.2, 0.25) is 0 Å². The molecule has 0 atom stereocenters. The molecule has 234 valence electrons. The van der Waals surface area contributed by atoms with E-state index in [-0.39, 0.29) is 0 Å². The molecule has 6 heterocycles. The van der Waals surface area contributed by atoms with Gasteiger partial charge in [0.15, 0.2) is 0 Å². The summed E-state index contributed by atoms with van der Waals surface area (Å²) in [5, 5.41) is 4.71. The lowest BCUT2D eigenvalue weighted by atomic mass is 9.96. The summed E-state index contributed by atoms with van der Waals surface area (Å²) >= 11 is 1.81. The number of hydrogen-bond acceptors (Lipinski definition) is 5. The lowest BCUT2D eigenvalue weighted by Gasteiger charge is -2.11. The lowest BCUT2D eigenvalue weighted by molar-refractivity contribution is 1.18. The molecule has 0 aliphatic heterocycles. The molecule has 4 aromatic carbocycles. The van der Waals surface area contributed by atoms with E-state index in [9.17, 15) is 0 Å². The Morgan fingerprint density at radius 1 is 0.420 bits per heavy atom. The maximum atomic E-state index is 4.75. The SMILES string of the molecule is c1ccc(-c2ccccc2-c2ccc3c(c2)c2cnccc2n3-c2ccc3sc4cc(-c5ccccn5)c(-c5ccccn5)cc4c3c2)nc1. The van der Waals surface area contributed by atoms with Crippen LogP contribution >= 0.6 is 11.3 Å². The van der Waals surface area contributed by atoms with Crippen molar-refractivity contribution in [3.05, 3.63) is 164 Å². The van der Waals surface area contributed by atoms with Crippen LogP contribution in [0.3, 0.4) is 0 Å². The minimum Gasteiger partial charge on any atom is -0.309 e. The van der Waals surface area contributed by atoms with Crippen LogP contribution in [0.4, 0.5) is 0 Å². The first-order valence-corrected chi connectivity index (χ1v) is 17.3. The number of benzene rings is 4. The highest BCUT2D eigenvalue weighted by Gasteiger charge is 2.18. The van der Waals surface area contributed by atoms with Crippen LogP contribution in [-0.2, 0) is 0 Å². The molecule has 0 bridgehead atoms. The number of fused-ring (bicyclic) bond motifs is 6. The quantitative estimate of drug-likeness (QED) is 0.185. The molecule has 50 heavy (non-hydrogen) atoms. The Morgan fingerprint density at radius 3 is 1.78 bits per heavy atom. The van der Waals surface area contributed by atoms with Gasteiger partial charge in [-0.15, -0.1) is 11.3 Å². The molecule has 0 amide bonds. The van der Waals surface area contributed by atoms with Gasteiger partial charge in [0.1, 0.15) is 0 Å². The minimum atomic E-state index is 0.931. The standard InChI is InChI=1S/C44H27N5S/c1-2-10-31(38-11-3-6-19-46-38)30(9-1)28-14-16-41-34(23-28)37-27-45-22-18-42(37)49(41)29-15-17-43-35(24-29)36-25-32(39-12-4-7-20-47-39)33(26-44(36)50-43)40-13-5-8-21-48-40/h1-27H. The van der Waals surface area contributed by atoms with Crippen molar-refractivity contribution in [3.63, 3.8) is 0 Å². The maximum Gasteiger partial charge on any atom is 0.0709 e. The first-order chi connectivity index (χ1) is 24.8. The van der Waals surface area contributed by atoms with E-state index in [1.165, 1.54) is 20.2 Å². The summed E-state index contributed by atoms with van der Waals surface area (Å²) in [4.78, 5) is 18.7. The fourth-order valence-corrected chi connectivity index (χ4v) is 8.32. The van der Waals surface area contributed by atoms with Crippen molar-refractivity contribution in [2.24, 2.45) is 0 Å². The van der Waals surface area contributed by atoms with E-state index in [1.54, 1.807) is 0 Å². The van der Waals surface area contributed by atoms with Gasteiger partial charge in [0, 0.05) is 84.3 Å². The van der Waals surface area contributed by atoms with Gasteiger partial charge < -0.3 is 4.57 Å². The summed E-state index contributed by atoms with van der Waals surface area (Å²) < 4.78 is 4.83. The third kappa shape index (κ3) is 4.61. The zero-order chi connectivity index (χ0) is 33.0. The van der Waals surface area contributed by atoms with Gasteiger partial charge in [-0.1, -0.05) is 48.5 Å². The highest BCUT2D eigenvalue weighted by atomic mass is 32.1. The van der Waals surface area contributed by atoms with Gasteiger partial charge in [0.05, 0.1) is 28.1 Å². The Labute approximate surface area is 291 Å². The summed E-state index contributed by atoms with van der Waals surface area (Å²) in [6.45, 7) is 0. The van der Waals surface area contributed by atoms with Crippen LogP contribution in [0.15, 0.2) is 164 Å². The van der Waals surface area contributed by atoms with Crippen LogP contribution < -0.4 is 0 Å². The molecule has 0 radical (unpaired) electrons. The third-order valence-corrected chi connectivity index (χ3v) is 10.6. The van der Waals surface area contributed by atoms with Crippen LogP contribution in [0.1, 0.15) is 0 Å². The van der Waals surface area contributed by atoms with Crippen molar-refractivity contribution in [1.82, 2.24) is 24.5 Å². The van der Waals surface area contributed by atoms with Crippen LogP contribution in [-0.4, -0.2) is 24.5 Å². The summed E-state index contributed by atoms with van der Waals surface area (Å²) in [5.41, 5.74) is 11.8. The van der Waals surface area contributed by atoms with Gasteiger partial charge in [-0.05, 0) is 96.1 Å². The van der Waals surface area contributed by atoms with Crippen LogP contribution in [0.5, 0.6) is 0 Å². The van der Waals surface area contributed by atoms with E-state index in [0.717, 1.165) is 72.4 Å². The molecule has 10 rings (SSSR count). The average Bonchev–Trinajstić information content (AvgIpc) is 3.72. The molecule has 0 fully saturated rings. The monoisotopic (exact) mass is 657 g/mol. The van der Waals surface area contributed by atoms with Crippen molar-refractivity contribution < 1.29 is 0 Å².